The number of esters is 1. The zero-order valence-electron chi connectivity index (χ0n) is 26.1. The van der Waals surface area contributed by atoms with E-state index in [0.29, 0.717) is 17.0 Å². The average Bonchev–Trinajstić information content (AvgIpc) is 3.48. The van der Waals surface area contributed by atoms with Crippen molar-refractivity contribution in [2.24, 2.45) is 5.92 Å². The van der Waals surface area contributed by atoms with Crippen LogP contribution in [0.25, 0.3) is 22.3 Å². The van der Waals surface area contributed by atoms with Gasteiger partial charge < -0.3 is 14.6 Å². The number of halogens is 5. The highest BCUT2D eigenvalue weighted by molar-refractivity contribution is 6.31. The van der Waals surface area contributed by atoms with E-state index in [1.807, 2.05) is 38.1 Å². The monoisotopic (exact) mass is 679 g/mol. The summed E-state index contributed by atoms with van der Waals surface area (Å²) in [4.78, 5) is 30.9. The first-order valence-electron chi connectivity index (χ1n) is 14.9. The number of hydrogen-bond donors (Lipinski definition) is 1. The number of rotatable bonds is 10. The topological polar surface area (TPSA) is 94.3 Å². The van der Waals surface area contributed by atoms with Crippen LogP contribution in [0, 0.1) is 18.7 Å². The summed E-state index contributed by atoms with van der Waals surface area (Å²) in [5, 5.41) is 6.76. The van der Waals surface area contributed by atoms with Gasteiger partial charge in [-0.3, -0.25) is 9.59 Å². The number of hydrogen-bond acceptors (Lipinski definition) is 6. The summed E-state index contributed by atoms with van der Waals surface area (Å²) in [5.41, 5.74) is 2.32. The Balaban J connectivity index is 1.45. The molecule has 0 aliphatic rings. The van der Waals surface area contributed by atoms with Gasteiger partial charge in [-0.2, -0.15) is 18.2 Å². The zero-order valence-corrected chi connectivity index (χ0v) is 26.8. The lowest BCUT2D eigenvalue weighted by Crippen LogP contribution is -2.31. The van der Waals surface area contributed by atoms with Gasteiger partial charge in [-0.25, -0.2) is 4.39 Å². The van der Waals surface area contributed by atoms with E-state index in [0.717, 1.165) is 28.8 Å². The molecule has 5 aromatic rings. The summed E-state index contributed by atoms with van der Waals surface area (Å²) < 4.78 is 64.2. The van der Waals surface area contributed by atoms with Crippen LogP contribution in [0.5, 0.6) is 5.75 Å². The molecule has 0 fully saturated rings. The standard InChI is InChI=1S/C36H30ClF4N3O4/c1-20(2)16-33(45)47-32-15-11-25(24-8-12-27(13-9-24)36(39,40)41)18-28(32)34(46)43-31(35-42-21(3)44-48-35)17-22-4-6-23(7-5-22)26-10-14-30(38)29(37)19-26/h4-15,18-20,31H,16-17H2,1-3H3,(H,43,46)/t31-/m1/s1. The second-order valence-corrected chi connectivity index (χ2v) is 12.0. The number of carbonyl (C=O) groups excluding carboxylic acids is 2. The minimum Gasteiger partial charge on any atom is -0.426 e. The molecular weight excluding hydrogens is 650 g/mol. The van der Waals surface area contributed by atoms with Crippen LogP contribution >= 0.6 is 11.6 Å². The summed E-state index contributed by atoms with van der Waals surface area (Å²) in [6, 6.07) is 19.9. The molecule has 0 aliphatic heterocycles. The average molecular weight is 680 g/mol. The van der Waals surface area contributed by atoms with Gasteiger partial charge >= 0.3 is 12.1 Å². The second-order valence-electron chi connectivity index (χ2n) is 11.6. The molecule has 4 aromatic carbocycles. The van der Waals surface area contributed by atoms with Crippen molar-refractivity contribution in [1.29, 1.82) is 0 Å². The minimum absolute atomic E-state index is 0.00206. The molecule has 1 amide bonds. The second kappa shape index (κ2) is 14.4. The van der Waals surface area contributed by atoms with E-state index in [2.05, 4.69) is 15.5 Å². The number of aromatic nitrogens is 2. The highest BCUT2D eigenvalue weighted by Crippen LogP contribution is 2.33. The zero-order chi connectivity index (χ0) is 34.6. The number of aryl methyl sites for hydroxylation is 1. The maximum absolute atomic E-state index is 13.9. The number of nitrogens with zero attached hydrogens (tertiary/aromatic N) is 2. The SMILES string of the molecule is Cc1noc([C@@H](Cc2ccc(-c3ccc(F)c(Cl)c3)cc2)NC(=O)c2cc(-c3ccc(C(F)(F)F)cc3)ccc2OC(=O)CC(C)C)n1. The predicted molar refractivity (Wildman–Crippen MR) is 172 cm³/mol. The molecular formula is C36H30ClF4N3O4. The van der Waals surface area contributed by atoms with E-state index in [9.17, 15) is 27.2 Å². The first-order chi connectivity index (χ1) is 22.8. The molecule has 5 rings (SSSR count). The predicted octanol–water partition coefficient (Wildman–Crippen LogP) is 9.19. The van der Waals surface area contributed by atoms with Crippen LogP contribution in [-0.4, -0.2) is 22.0 Å². The molecule has 1 heterocycles. The van der Waals surface area contributed by atoms with Gasteiger partial charge in [-0.1, -0.05) is 79.1 Å². The van der Waals surface area contributed by atoms with E-state index in [4.69, 9.17) is 20.9 Å². The number of ether oxygens (including phenoxy) is 1. The molecule has 1 atom stereocenters. The molecule has 12 heteroatoms. The third kappa shape index (κ3) is 8.46. The lowest BCUT2D eigenvalue weighted by Gasteiger charge is -2.18. The molecule has 0 unspecified atom stereocenters. The lowest BCUT2D eigenvalue weighted by atomic mass is 9.99. The Labute approximate surface area is 278 Å². The van der Waals surface area contributed by atoms with E-state index < -0.39 is 35.5 Å². The number of benzene rings is 4. The van der Waals surface area contributed by atoms with E-state index in [1.165, 1.54) is 36.4 Å². The summed E-state index contributed by atoms with van der Waals surface area (Å²) >= 11 is 5.95. The molecule has 0 saturated heterocycles. The van der Waals surface area contributed by atoms with Crippen molar-refractivity contribution >= 4 is 23.5 Å². The normalized spacial score (nSPS) is 12.2. The fourth-order valence-corrected chi connectivity index (χ4v) is 5.14. The number of nitrogens with one attached hydrogen (secondary N) is 1. The summed E-state index contributed by atoms with van der Waals surface area (Å²) in [7, 11) is 0. The number of carbonyl (C=O) groups is 2. The first-order valence-corrected chi connectivity index (χ1v) is 15.3. The van der Waals surface area contributed by atoms with Crippen molar-refractivity contribution in [1.82, 2.24) is 15.5 Å². The fourth-order valence-electron chi connectivity index (χ4n) is 4.96. The van der Waals surface area contributed by atoms with Crippen molar-refractivity contribution in [3.05, 3.63) is 124 Å². The third-order valence-corrected chi connectivity index (χ3v) is 7.65. The molecule has 0 spiro atoms. The van der Waals surface area contributed by atoms with Gasteiger partial charge in [0.1, 0.15) is 17.6 Å². The molecule has 0 aliphatic carbocycles. The maximum Gasteiger partial charge on any atom is 0.416 e. The van der Waals surface area contributed by atoms with E-state index in [-0.39, 0.29) is 41.0 Å². The van der Waals surface area contributed by atoms with Crippen molar-refractivity contribution in [3.8, 4) is 28.0 Å². The van der Waals surface area contributed by atoms with Crippen molar-refractivity contribution in [3.63, 3.8) is 0 Å². The first kappa shape index (κ1) is 34.3. The van der Waals surface area contributed by atoms with Crippen LogP contribution in [0.15, 0.2) is 89.5 Å². The van der Waals surface area contributed by atoms with Gasteiger partial charge in [0.15, 0.2) is 5.82 Å². The largest absolute Gasteiger partial charge is 0.426 e. The van der Waals surface area contributed by atoms with Crippen molar-refractivity contribution in [2.75, 3.05) is 0 Å². The van der Waals surface area contributed by atoms with E-state index >= 15 is 0 Å². The Hall–Kier alpha value is -5.03. The Morgan fingerprint density at radius 1 is 0.896 bits per heavy atom. The molecule has 248 valence electrons. The fraction of sp³-hybridized carbons (Fsp3) is 0.222. The third-order valence-electron chi connectivity index (χ3n) is 7.36. The van der Waals surface area contributed by atoms with Crippen LogP contribution in [0.3, 0.4) is 0 Å². The lowest BCUT2D eigenvalue weighted by molar-refractivity contribution is -0.137. The summed E-state index contributed by atoms with van der Waals surface area (Å²) in [6.45, 7) is 5.33. The van der Waals surface area contributed by atoms with Gasteiger partial charge in [0.2, 0.25) is 5.89 Å². The molecule has 0 bridgehead atoms. The van der Waals surface area contributed by atoms with Crippen molar-refractivity contribution < 1.29 is 36.4 Å². The highest BCUT2D eigenvalue weighted by atomic mass is 35.5. The van der Waals surface area contributed by atoms with Gasteiger partial charge in [-0.15, -0.1) is 0 Å². The van der Waals surface area contributed by atoms with Crippen molar-refractivity contribution in [2.45, 2.75) is 45.8 Å². The smallest absolute Gasteiger partial charge is 0.416 e. The Morgan fingerprint density at radius 3 is 2.08 bits per heavy atom. The van der Waals surface area contributed by atoms with Gasteiger partial charge in [0.05, 0.1) is 16.1 Å². The van der Waals surface area contributed by atoms with E-state index in [1.54, 1.807) is 19.1 Å². The molecule has 1 N–H and O–H groups in total. The van der Waals surface area contributed by atoms with Crippen LogP contribution in [0.1, 0.15) is 59.5 Å². The Bertz CT molecular complexity index is 1920. The summed E-state index contributed by atoms with van der Waals surface area (Å²) in [5.74, 6) is -1.25. The maximum atomic E-state index is 13.9. The summed E-state index contributed by atoms with van der Waals surface area (Å²) in [6.07, 6.45) is -4.18. The molecule has 0 saturated carbocycles. The van der Waals surface area contributed by atoms with Gasteiger partial charge in [-0.05, 0) is 77.1 Å². The minimum atomic E-state index is -4.50. The molecule has 1 aromatic heterocycles. The van der Waals surface area contributed by atoms with Gasteiger partial charge in [0, 0.05) is 12.8 Å². The quantitative estimate of drug-likeness (QED) is 0.0899. The van der Waals surface area contributed by atoms with Crippen LogP contribution in [0.4, 0.5) is 17.6 Å². The van der Waals surface area contributed by atoms with Crippen LogP contribution in [0.2, 0.25) is 5.02 Å². The molecule has 0 radical (unpaired) electrons. The van der Waals surface area contributed by atoms with Crippen LogP contribution < -0.4 is 10.1 Å². The van der Waals surface area contributed by atoms with Gasteiger partial charge in [0.25, 0.3) is 5.91 Å². The van der Waals surface area contributed by atoms with Crippen LogP contribution in [-0.2, 0) is 17.4 Å². The Kier molecular flexibility index (Phi) is 10.3. The Morgan fingerprint density at radius 2 is 1.50 bits per heavy atom. The number of amides is 1. The number of alkyl halides is 3. The molecule has 48 heavy (non-hydrogen) atoms. The molecule has 7 nitrogen and oxygen atoms in total. The highest BCUT2D eigenvalue weighted by Gasteiger charge is 2.30.